The molecule has 1 unspecified atom stereocenters. The van der Waals surface area contributed by atoms with Gasteiger partial charge in [0.05, 0.1) is 19.3 Å². The van der Waals surface area contributed by atoms with Gasteiger partial charge < -0.3 is 75.0 Å². The maximum absolute atomic E-state index is 11.5. The highest BCUT2D eigenvalue weighted by molar-refractivity contribution is 5.73. The van der Waals surface area contributed by atoms with E-state index in [4.69, 9.17) is 23.7 Å². The Labute approximate surface area is 205 Å². The summed E-state index contributed by atoms with van der Waals surface area (Å²) in [4.78, 5) is 11.5. The smallest absolute Gasteiger partial charge is 0.217 e. The van der Waals surface area contributed by atoms with Crippen molar-refractivity contribution in [3.8, 4) is 0 Å². The van der Waals surface area contributed by atoms with Gasteiger partial charge in [0.1, 0.15) is 67.1 Å². The van der Waals surface area contributed by atoms with Crippen LogP contribution in [0.1, 0.15) is 13.8 Å². The van der Waals surface area contributed by atoms with Gasteiger partial charge in [0.25, 0.3) is 0 Å². The molecule has 0 aromatic rings. The summed E-state index contributed by atoms with van der Waals surface area (Å²) in [7, 11) is 0. The number of rotatable bonds is 7. The van der Waals surface area contributed by atoms with Crippen molar-refractivity contribution in [2.45, 2.75) is 106 Å². The number of carbonyl (C=O) groups is 1. The van der Waals surface area contributed by atoms with Crippen molar-refractivity contribution >= 4 is 5.91 Å². The summed E-state index contributed by atoms with van der Waals surface area (Å²) in [5.41, 5.74) is 0. The summed E-state index contributed by atoms with van der Waals surface area (Å²) in [6.45, 7) is 0.997. The van der Waals surface area contributed by atoms with Crippen molar-refractivity contribution in [2.24, 2.45) is 0 Å². The molecular formula is C20H35NO15. The second kappa shape index (κ2) is 12.2. The number of carbonyl (C=O) groups excluding carboxylic acids is 1. The quantitative estimate of drug-likeness (QED) is 0.147. The number of nitrogens with one attached hydrogen (secondary N) is 1. The molecule has 1 amide bonds. The van der Waals surface area contributed by atoms with E-state index in [1.54, 1.807) is 0 Å². The molecule has 36 heavy (non-hydrogen) atoms. The van der Waals surface area contributed by atoms with Crippen LogP contribution < -0.4 is 5.32 Å². The topological polar surface area (TPSA) is 257 Å². The van der Waals surface area contributed by atoms with Gasteiger partial charge in [-0.1, -0.05) is 0 Å². The Balaban J connectivity index is 1.86. The lowest BCUT2D eigenvalue weighted by atomic mass is 9.95. The Morgan fingerprint density at radius 1 is 0.722 bits per heavy atom. The van der Waals surface area contributed by atoms with Gasteiger partial charge in [0.15, 0.2) is 18.9 Å². The van der Waals surface area contributed by atoms with Gasteiger partial charge in [-0.2, -0.15) is 0 Å². The van der Waals surface area contributed by atoms with Crippen LogP contribution >= 0.6 is 0 Å². The van der Waals surface area contributed by atoms with E-state index in [1.165, 1.54) is 6.92 Å². The third-order valence-corrected chi connectivity index (χ3v) is 6.46. The normalized spacial score (nSPS) is 50.0. The van der Waals surface area contributed by atoms with Crippen LogP contribution in [0.4, 0.5) is 0 Å². The number of aliphatic hydroxyl groups is 9. The van der Waals surface area contributed by atoms with E-state index >= 15 is 0 Å². The van der Waals surface area contributed by atoms with Gasteiger partial charge in [-0.25, -0.2) is 0 Å². The lowest BCUT2D eigenvalue weighted by Crippen LogP contribution is -2.68. The summed E-state index contributed by atoms with van der Waals surface area (Å²) >= 11 is 0. The minimum atomic E-state index is -1.82. The molecule has 3 rings (SSSR count). The van der Waals surface area contributed by atoms with Crippen molar-refractivity contribution in [3.05, 3.63) is 0 Å². The van der Waals surface area contributed by atoms with Gasteiger partial charge >= 0.3 is 0 Å². The summed E-state index contributed by atoms with van der Waals surface area (Å²) in [5.74, 6) is -0.616. The molecule has 15 atom stereocenters. The molecule has 0 aliphatic carbocycles. The molecule has 0 bridgehead atoms. The molecule has 0 saturated carbocycles. The van der Waals surface area contributed by atoms with Crippen LogP contribution in [0.5, 0.6) is 0 Å². The van der Waals surface area contributed by atoms with Gasteiger partial charge in [0, 0.05) is 6.92 Å². The van der Waals surface area contributed by atoms with Crippen LogP contribution in [-0.2, 0) is 28.5 Å². The largest absolute Gasteiger partial charge is 0.394 e. The molecule has 3 aliphatic heterocycles. The average Bonchev–Trinajstić information content (AvgIpc) is 2.84. The Kier molecular flexibility index (Phi) is 9.97. The molecular weight excluding hydrogens is 494 g/mol. The second-order valence-corrected chi connectivity index (χ2v) is 9.05. The first-order valence-corrected chi connectivity index (χ1v) is 11.4. The van der Waals surface area contributed by atoms with Crippen molar-refractivity contribution in [3.63, 3.8) is 0 Å². The Bertz CT molecular complexity index is 731. The lowest BCUT2D eigenvalue weighted by Gasteiger charge is -2.48. The fourth-order valence-corrected chi connectivity index (χ4v) is 4.39. The first-order valence-electron chi connectivity index (χ1n) is 11.4. The molecule has 3 fully saturated rings. The Morgan fingerprint density at radius 2 is 1.33 bits per heavy atom. The second-order valence-electron chi connectivity index (χ2n) is 9.05. The molecule has 10 N–H and O–H groups in total. The lowest BCUT2D eigenvalue weighted by molar-refractivity contribution is -0.382. The van der Waals surface area contributed by atoms with Gasteiger partial charge in [-0.15, -0.1) is 0 Å². The number of hydrogen-bond donors (Lipinski definition) is 10. The van der Waals surface area contributed by atoms with E-state index in [0.29, 0.717) is 0 Å². The summed E-state index contributed by atoms with van der Waals surface area (Å²) < 4.78 is 27.5. The Hall–Kier alpha value is -1.09. The van der Waals surface area contributed by atoms with Crippen LogP contribution in [0.15, 0.2) is 0 Å². The van der Waals surface area contributed by atoms with E-state index in [-0.39, 0.29) is 0 Å². The minimum absolute atomic E-state index is 0.616. The maximum atomic E-state index is 11.5. The SMILES string of the molecule is CC(=O)N[C@H]1C(O)O[C@H](CO)[C@@H](O[C@@H]2O[C@H](CO)[C@H](O)[C@H](O)[C@H]2O[C@@H]2O[C@@H](C)[C@@H](O)[C@@H](O)[C@@H]2O)[C@@H]1O. The minimum Gasteiger partial charge on any atom is -0.394 e. The molecule has 0 aromatic carbocycles. The molecule has 16 nitrogen and oxygen atoms in total. The third-order valence-electron chi connectivity index (χ3n) is 6.46. The van der Waals surface area contributed by atoms with Gasteiger partial charge in [0.2, 0.25) is 5.91 Å². The zero-order valence-electron chi connectivity index (χ0n) is 19.5. The first kappa shape index (κ1) is 29.5. The van der Waals surface area contributed by atoms with Crippen LogP contribution in [0.25, 0.3) is 0 Å². The average molecular weight is 529 g/mol. The maximum Gasteiger partial charge on any atom is 0.217 e. The van der Waals surface area contributed by atoms with Crippen LogP contribution in [0.3, 0.4) is 0 Å². The molecule has 3 saturated heterocycles. The summed E-state index contributed by atoms with van der Waals surface area (Å²) in [6, 6.07) is -1.39. The summed E-state index contributed by atoms with van der Waals surface area (Å²) in [5, 5.41) is 93.8. The fraction of sp³-hybridized carbons (Fsp3) is 0.950. The zero-order chi connectivity index (χ0) is 26.9. The molecule has 3 heterocycles. The van der Waals surface area contributed by atoms with Crippen LogP contribution in [-0.4, -0.2) is 157 Å². The molecule has 0 aromatic heterocycles. The zero-order valence-corrected chi connectivity index (χ0v) is 19.5. The number of hydrogen-bond acceptors (Lipinski definition) is 15. The number of amides is 1. The highest BCUT2D eigenvalue weighted by atomic mass is 16.8. The van der Waals surface area contributed by atoms with Crippen molar-refractivity contribution in [1.29, 1.82) is 0 Å². The Morgan fingerprint density at radius 3 is 1.92 bits per heavy atom. The molecule has 0 radical (unpaired) electrons. The molecule has 3 aliphatic rings. The number of aliphatic hydroxyl groups excluding tert-OH is 9. The fourth-order valence-electron chi connectivity index (χ4n) is 4.39. The molecule has 210 valence electrons. The van der Waals surface area contributed by atoms with E-state index in [9.17, 15) is 50.8 Å². The third kappa shape index (κ3) is 5.97. The summed E-state index contributed by atoms with van der Waals surface area (Å²) in [6.07, 6.45) is -22.1. The van der Waals surface area contributed by atoms with E-state index < -0.39 is 111 Å². The highest BCUT2D eigenvalue weighted by Crippen LogP contribution is 2.32. The number of ether oxygens (including phenoxy) is 5. The molecule has 0 spiro atoms. The van der Waals surface area contributed by atoms with Crippen molar-refractivity contribution in [2.75, 3.05) is 13.2 Å². The van der Waals surface area contributed by atoms with Crippen molar-refractivity contribution in [1.82, 2.24) is 5.32 Å². The van der Waals surface area contributed by atoms with Crippen LogP contribution in [0.2, 0.25) is 0 Å². The monoisotopic (exact) mass is 529 g/mol. The van der Waals surface area contributed by atoms with E-state index in [0.717, 1.165) is 6.92 Å². The van der Waals surface area contributed by atoms with E-state index in [2.05, 4.69) is 5.32 Å². The first-order chi connectivity index (χ1) is 16.9. The van der Waals surface area contributed by atoms with Crippen molar-refractivity contribution < 1.29 is 74.4 Å². The molecule has 16 heteroatoms. The standard InChI is InChI=1S/C20H35NO15/c1-5-10(25)13(28)15(30)19(32-5)36-17-14(29)11(26)7(3-22)34-20(17)35-16-8(4-23)33-18(31)9(12(16)27)21-6(2)24/h5,7-20,22-23,25-31H,3-4H2,1-2H3,(H,21,24)/t5-,7+,8+,9+,10+,11-,12+,13+,14-,15-,16+,17+,18?,19-,20-/m0/s1. The highest BCUT2D eigenvalue weighted by Gasteiger charge is 2.53. The predicted octanol–water partition coefficient (Wildman–Crippen LogP) is -6.40. The van der Waals surface area contributed by atoms with Crippen LogP contribution in [0, 0.1) is 0 Å². The predicted molar refractivity (Wildman–Crippen MR) is 111 cm³/mol. The van der Waals surface area contributed by atoms with E-state index in [1.807, 2.05) is 0 Å². The van der Waals surface area contributed by atoms with Gasteiger partial charge in [-0.3, -0.25) is 4.79 Å². The van der Waals surface area contributed by atoms with Gasteiger partial charge in [-0.05, 0) is 6.92 Å².